The van der Waals surface area contributed by atoms with Gasteiger partial charge in [0.2, 0.25) is 0 Å². The van der Waals surface area contributed by atoms with E-state index in [-0.39, 0.29) is 15.4 Å². The highest BCUT2D eigenvalue weighted by molar-refractivity contribution is 7.93. The Bertz CT molecular complexity index is 1680. The molecule has 196 valence electrons. The van der Waals surface area contributed by atoms with Crippen LogP contribution in [-0.4, -0.2) is 27.7 Å². The Morgan fingerprint density at radius 1 is 0.711 bits per heavy atom. The minimum atomic E-state index is -3.96. The Kier molecular flexibility index (Phi) is 7.51. The van der Waals surface area contributed by atoms with E-state index in [2.05, 4.69) is 19.7 Å². The van der Waals surface area contributed by atoms with Crippen LogP contribution in [0.5, 0.6) is 0 Å². The number of pyridine rings is 1. The lowest BCUT2D eigenvalue weighted by molar-refractivity contribution is 0.102. The van der Waals surface area contributed by atoms with Crippen molar-refractivity contribution < 1.29 is 21.6 Å². The van der Waals surface area contributed by atoms with Gasteiger partial charge in [-0.05, 0) is 98.1 Å². The number of rotatable bonds is 8. The van der Waals surface area contributed by atoms with Gasteiger partial charge in [0, 0.05) is 23.1 Å². The molecule has 0 fully saturated rings. The summed E-state index contributed by atoms with van der Waals surface area (Å²) in [7, 11) is -7.81. The number of hydrogen-bond acceptors (Lipinski definition) is 6. The number of carbonyl (C=O) groups excluding carboxylic acids is 1. The van der Waals surface area contributed by atoms with E-state index in [1.807, 2.05) is 19.9 Å². The van der Waals surface area contributed by atoms with Gasteiger partial charge in [-0.2, -0.15) is 0 Å². The molecule has 1 amide bonds. The number of sulfonamides is 2. The van der Waals surface area contributed by atoms with Crippen molar-refractivity contribution in [1.29, 1.82) is 0 Å². The predicted octanol–water partition coefficient (Wildman–Crippen LogP) is 4.86. The maximum Gasteiger partial charge on any atom is 0.262 e. The second kappa shape index (κ2) is 10.6. The van der Waals surface area contributed by atoms with Gasteiger partial charge in [-0.25, -0.2) is 16.8 Å². The first-order chi connectivity index (χ1) is 17.9. The number of hydrogen-bond donors (Lipinski definition) is 3. The lowest BCUT2D eigenvalue weighted by atomic mass is 10.1. The molecule has 0 spiro atoms. The SMILES string of the molecule is Cc1cc(C)cc(NS(=O)(=O)c2cc(C(=O)Nc3ccc(S(=O)(=O)Nc4cccnc4)cc3)ccc2C)c1. The van der Waals surface area contributed by atoms with Crippen LogP contribution in [-0.2, 0) is 20.0 Å². The van der Waals surface area contributed by atoms with Gasteiger partial charge in [0.15, 0.2) is 0 Å². The van der Waals surface area contributed by atoms with Crippen LogP contribution in [0.15, 0.2) is 95.0 Å². The number of nitrogens with zero attached hydrogens (tertiary/aromatic N) is 1. The van der Waals surface area contributed by atoms with Crippen LogP contribution in [0.2, 0.25) is 0 Å². The second-order valence-electron chi connectivity index (χ2n) is 8.79. The highest BCUT2D eigenvalue weighted by Crippen LogP contribution is 2.24. The van der Waals surface area contributed by atoms with Crippen molar-refractivity contribution in [2.24, 2.45) is 0 Å². The minimum Gasteiger partial charge on any atom is -0.322 e. The van der Waals surface area contributed by atoms with Crippen molar-refractivity contribution in [2.45, 2.75) is 30.6 Å². The van der Waals surface area contributed by atoms with E-state index < -0.39 is 26.0 Å². The van der Waals surface area contributed by atoms with E-state index in [0.717, 1.165) is 11.1 Å². The summed E-state index contributed by atoms with van der Waals surface area (Å²) in [5.74, 6) is -0.544. The number of amides is 1. The Morgan fingerprint density at radius 2 is 1.37 bits per heavy atom. The number of aryl methyl sites for hydroxylation is 3. The molecule has 0 radical (unpaired) electrons. The molecule has 0 atom stereocenters. The maximum absolute atomic E-state index is 13.1. The van der Waals surface area contributed by atoms with E-state index >= 15 is 0 Å². The number of benzene rings is 3. The van der Waals surface area contributed by atoms with Gasteiger partial charge in [0.1, 0.15) is 0 Å². The summed E-state index contributed by atoms with van der Waals surface area (Å²) in [4.78, 5) is 16.8. The number of anilines is 3. The van der Waals surface area contributed by atoms with Crippen molar-refractivity contribution in [3.05, 3.63) is 107 Å². The third-order valence-electron chi connectivity index (χ3n) is 5.55. The summed E-state index contributed by atoms with van der Waals surface area (Å²) in [6, 6.07) is 18.6. The Labute approximate surface area is 222 Å². The third-order valence-corrected chi connectivity index (χ3v) is 8.47. The molecular weight excluding hydrogens is 524 g/mol. The molecule has 1 aromatic heterocycles. The van der Waals surface area contributed by atoms with Gasteiger partial charge < -0.3 is 5.32 Å². The lowest BCUT2D eigenvalue weighted by Gasteiger charge is -2.13. The summed E-state index contributed by atoms with van der Waals surface area (Å²) in [6.07, 6.45) is 2.92. The van der Waals surface area contributed by atoms with Crippen molar-refractivity contribution in [1.82, 2.24) is 4.98 Å². The first-order valence-electron chi connectivity index (χ1n) is 11.5. The van der Waals surface area contributed by atoms with E-state index in [9.17, 15) is 21.6 Å². The molecule has 1 heterocycles. The van der Waals surface area contributed by atoms with Crippen LogP contribution in [0.4, 0.5) is 17.1 Å². The molecule has 0 saturated heterocycles. The molecule has 38 heavy (non-hydrogen) atoms. The third kappa shape index (κ3) is 6.36. The van der Waals surface area contributed by atoms with Crippen molar-refractivity contribution in [3.8, 4) is 0 Å². The first kappa shape index (κ1) is 26.8. The molecule has 3 N–H and O–H groups in total. The summed E-state index contributed by atoms with van der Waals surface area (Å²) in [5.41, 5.74) is 3.54. The van der Waals surface area contributed by atoms with Gasteiger partial charge in [-0.3, -0.25) is 19.2 Å². The van der Waals surface area contributed by atoms with Crippen LogP contribution < -0.4 is 14.8 Å². The lowest BCUT2D eigenvalue weighted by Crippen LogP contribution is -2.17. The van der Waals surface area contributed by atoms with Crippen LogP contribution in [0, 0.1) is 20.8 Å². The number of aromatic nitrogens is 1. The molecule has 4 aromatic rings. The van der Waals surface area contributed by atoms with Gasteiger partial charge in [0.05, 0.1) is 21.7 Å². The molecule has 0 aliphatic heterocycles. The van der Waals surface area contributed by atoms with Crippen molar-refractivity contribution >= 4 is 43.0 Å². The fourth-order valence-electron chi connectivity index (χ4n) is 3.83. The van der Waals surface area contributed by atoms with E-state index in [1.54, 1.807) is 37.3 Å². The van der Waals surface area contributed by atoms with Crippen LogP contribution in [0.1, 0.15) is 27.0 Å². The fraction of sp³-hybridized carbons (Fsp3) is 0.111. The van der Waals surface area contributed by atoms with Gasteiger partial charge in [-0.15, -0.1) is 0 Å². The highest BCUT2D eigenvalue weighted by Gasteiger charge is 2.20. The minimum absolute atomic E-state index is 0.000488. The molecule has 0 unspecified atom stereocenters. The summed E-state index contributed by atoms with van der Waals surface area (Å²) >= 11 is 0. The first-order valence-corrected chi connectivity index (χ1v) is 14.5. The molecular formula is C27H26N4O5S2. The summed E-state index contributed by atoms with van der Waals surface area (Å²) < 4.78 is 56.5. The summed E-state index contributed by atoms with van der Waals surface area (Å²) in [5, 5.41) is 2.67. The molecule has 0 bridgehead atoms. The zero-order valence-electron chi connectivity index (χ0n) is 20.9. The van der Waals surface area contributed by atoms with Crippen molar-refractivity contribution in [3.63, 3.8) is 0 Å². The molecule has 9 nitrogen and oxygen atoms in total. The molecule has 0 aliphatic carbocycles. The topological polar surface area (TPSA) is 134 Å². The van der Waals surface area contributed by atoms with E-state index in [4.69, 9.17) is 0 Å². The highest BCUT2D eigenvalue weighted by atomic mass is 32.2. The van der Waals surface area contributed by atoms with Crippen LogP contribution >= 0.6 is 0 Å². The Balaban J connectivity index is 1.51. The maximum atomic E-state index is 13.1. The molecule has 0 saturated carbocycles. The fourth-order valence-corrected chi connectivity index (χ4v) is 6.19. The van der Waals surface area contributed by atoms with Gasteiger partial charge in [0.25, 0.3) is 26.0 Å². The van der Waals surface area contributed by atoms with E-state index in [1.165, 1.54) is 48.8 Å². The van der Waals surface area contributed by atoms with E-state index in [0.29, 0.717) is 22.6 Å². The monoisotopic (exact) mass is 550 g/mol. The van der Waals surface area contributed by atoms with Crippen LogP contribution in [0.3, 0.4) is 0 Å². The molecule has 3 aromatic carbocycles. The largest absolute Gasteiger partial charge is 0.322 e. The average molecular weight is 551 g/mol. The zero-order valence-corrected chi connectivity index (χ0v) is 22.5. The molecule has 11 heteroatoms. The van der Waals surface area contributed by atoms with Crippen LogP contribution in [0.25, 0.3) is 0 Å². The van der Waals surface area contributed by atoms with Crippen molar-refractivity contribution in [2.75, 3.05) is 14.8 Å². The smallest absolute Gasteiger partial charge is 0.262 e. The second-order valence-corrected chi connectivity index (χ2v) is 12.1. The molecule has 0 aliphatic rings. The quantitative estimate of drug-likeness (QED) is 0.287. The normalized spacial score (nSPS) is 11.6. The molecule has 4 rings (SSSR count). The summed E-state index contributed by atoms with van der Waals surface area (Å²) in [6.45, 7) is 5.40. The average Bonchev–Trinajstić information content (AvgIpc) is 2.84. The standard InChI is InChI=1S/C27H26N4O5S2/c1-18-13-19(2)15-24(14-18)31-38(35,36)26-16-21(7-6-20(26)3)27(32)29-22-8-10-25(11-9-22)37(33,34)30-23-5-4-12-28-17-23/h4-17,30-31H,1-3H3,(H,29,32). The van der Waals surface area contributed by atoms with Gasteiger partial charge >= 0.3 is 0 Å². The number of carbonyl (C=O) groups is 1. The predicted molar refractivity (Wildman–Crippen MR) is 147 cm³/mol. The Morgan fingerprint density at radius 3 is 2.00 bits per heavy atom. The Hall–Kier alpha value is -4.22. The number of nitrogens with one attached hydrogen (secondary N) is 3. The van der Waals surface area contributed by atoms with Gasteiger partial charge in [-0.1, -0.05) is 12.1 Å². The zero-order chi connectivity index (χ0) is 27.5.